The normalized spacial score (nSPS) is 15.2. The van der Waals surface area contributed by atoms with Crippen molar-refractivity contribution < 1.29 is 0 Å². The average molecular weight is 249 g/mol. The average Bonchev–Trinajstić information content (AvgIpc) is 2.95. The van der Waals surface area contributed by atoms with Crippen LogP contribution < -0.4 is 5.32 Å². The van der Waals surface area contributed by atoms with Gasteiger partial charge in [0.05, 0.1) is 5.69 Å². The number of nitrogens with one attached hydrogen (secondary N) is 1. The van der Waals surface area contributed by atoms with Gasteiger partial charge in [0.15, 0.2) is 0 Å². The van der Waals surface area contributed by atoms with Crippen LogP contribution in [0.15, 0.2) is 6.20 Å². The number of rotatable bonds is 4. The number of hydrogen-bond donors (Lipinski definition) is 1. The van der Waals surface area contributed by atoms with Gasteiger partial charge in [0, 0.05) is 42.8 Å². The van der Waals surface area contributed by atoms with Crippen molar-refractivity contribution in [1.82, 2.24) is 19.1 Å². The van der Waals surface area contributed by atoms with Gasteiger partial charge in [-0.2, -0.15) is 9.47 Å². The third-order valence-electron chi connectivity index (χ3n) is 2.93. The molecule has 1 aliphatic carbocycles. The molecule has 1 N–H and O–H groups in total. The van der Waals surface area contributed by atoms with E-state index in [0.29, 0.717) is 5.92 Å². The molecule has 1 aliphatic rings. The van der Waals surface area contributed by atoms with Gasteiger partial charge in [0.1, 0.15) is 5.82 Å². The second-order valence-electron chi connectivity index (χ2n) is 4.50. The summed E-state index contributed by atoms with van der Waals surface area (Å²) in [5.41, 5.74) is 2.27. The summed E-state index contributed by atoms with van der Waals surface area (Å²) in [7, 11) is 1.94. The van der Waals surface area contributed by atoms with Gasteiger partial charge in [0.2, 0.25) is 5.13 Å². The molecule has 0 unspecified atom stereocenters. The zero-order valence-electron chi connectivity index (χ0n) is 9.97. The van der Waals surface area contributed by atoms with E-state index < -0.39 is 0 Å². The Bertz CT molecular complexity index is 526. The molecule has 2 aromatic heterocycles. The van der Waals surface area contributed by atoms with Crippen LogP contribution in [-0.4, -0.2) is 19.1 Å². The fourth-order valence-electron chi connectivity index (χ4n) is 1.81. The lowest BCUT2D eigenvalue weighted by molar-refractivity contribution is 0.756. The van der Waals surface area contributed by atoms with Crippen molar-refractivity contribution >= 4 is 16.7 Å². The largest absolute Gasteiger partial charge is 0.356 e. The molecule has 1 saturated carbocycles. The predicted octanol–water partition coefficient (Wildman–Crippen LogP) is 2.07. The summed E-state index contributed by atoms with van der Waals surface area (Å²) in [4.78, 5) is 4.49. The summed E-state index contributed by atoms with van der Waals surface area (Å²) in [5, 5.41) is 8.53. The molecule has 0 aliphatic heterocycles. The van der Waals surface area contributed by atoms with E-state index >= 15 is 0 Å². The first-order valence-electron chi connectivity index (χ1n) is 5.79. The summed E-state index contributed by atoms with van der Waals surface area (Å²) >= 11 is 1.45. The molecule has 5 nitrogen and oxygen atoms in total. The van der Waals surface area contributed by atoms with Crippen LogP contribution in [0.2, 0.25) is 0 Å². The maximum atomic E-state index is 4.49. The first-order chi connectivity index (χ1) is 8.22. The van der Waals surface area contributed by atoms with Crippen molar-refractivity contribution in [2.24, 2.45) is 7.05 Å². The molecule has 0 radical (unpaired) electrons. The van der Waals surface area contributed by atoms with E-state index in [4.69, 9.17) is 0 Å². The molecule has 90 valence electrons. The minimum absolute atomic E-state index is 0.627. The number of nitrogens with zero attached hydrogens (tertiary/aromatic N) is 4. The van der Waals surface area contributed by atoms with Crippen LogP contribution in [0, 0.1) is 6.92 Å². The lowest BCUT2D eigenvalue weighted by Crippen LogP contribution is -1.99. The van der Waals surface area contributed by atoms with Crippen molar-refractivity contribution in [2.75, 3.05) is 5.32 Å². The highest BCUT2D eigenvalue weighted by Gasteiger charge is 2.27. The van der Waals surface area contributed by atoms with E-state index in [0.717, 1.165) is 23.2 Å². The van der Waals surface area contributed by atoms with Crippen molar-refractivity contribution in [3.63, 3.8) is 0 Å². The SMILES string of the molecule is Cc1nn(C)cc1CNc1nc(C2CC2)ns1. The molecule has 0 aromatic carbocycles. The fourth-order valence-corrected chi connectivity index (χ4v) is 2.45. The highest BCUT2D eigenvalue weighted by Crippen LogP contribution is 2.39. The van der Waals surface area contributed by atoms with Gasteiger partial charge in [-0.3, -0.25) is 4.68 Å². The summed E-state index contributed by atoms with van der Waals surface area (Å²) < 4.78 is 6.20. The van der Waals surface area contributed by atoms with E-state index in [1.165, 1.54) is 29.9 Å². The van der Waals surface area contributed by atoms with E-state index in [2.05, 4.69) is 19.8 Å². The summed E-state index contributed by atoms with van der Waals surface area (Å²) in [6, 6.07) is 0. The summed E-state index contributed by atoms with van der Waals surface area (Å²) in [5.74, 6) is 1.64. The first kappa shape index (κ1) is 10.7. The van der Waals surface area contributed by atoms with Crippen LogP contribution >= 0.6 is 11.5 Å². The second kappa shape index (κ2) is 4.10. The Balaban J connectivity index is 1.64. The first-order valence-corrected chi connectivity index (χ1v) is 6.56. The van der Waals surface area contributed by atoms with E-state index in [-0.39, 0.29) is 0 Å². The second-order valence-corrected chi connectivity index (χ2v) is 5.25. The minimum atomic E-state index is 0.627. The quantitative estimate of drug-likeness (QED) is 0.901. The van der Waals surface area contributed by atoms with Crippen LogP contribution in [0.1, 0.15) is 35.8 Å². The van der Waals surface area contributed by atoms with Crippen molar-refractivity contribution in [2.45, 2.75) is 32.2 Å². The molecule has 0 spiro atoms. The highest BCUT2D eigenvalue weighted by molar-refractivity contribution is 7.09. The van der Waals surface area contributed by atoms with Crippen LogP contribution in [0.5, 0.6) is 0 Å². The molecule has 0 atom stereocenters. The number of aryl methyl sites for hydroxylation is 2. The van der Waals surface area contributed by atoms with E-state index in [9.17, 15) is 0 Å². The van der Waals surface area contributed by atoms with Crippen molar-refractivity contribution in [1.29, 1.82) is 0 Å². The third-order valence-corrected chi connectivity index (χ3v) is 3.62. The monoisotopic (exact) mass is 249 g/mol. The van der Waals surface area contributed by atoms with Crippen molar-refractivity contribution in [3.05, 3.63) is 23.3 Å². The molecule has 0 amide bonds. The molecular weight excluding hydrogens is 234 g/mol. The molecule has 0 bridgehead atoms. The predicted molar refractivity (Wildman–Crippen MR) is 67.2 cm³/mol. The van der Waals surface area contributed by atoms with Crippen LogP contribution in [-0.2, 0) is 13.6 Å². The van der Waals surface area contributed by atoms with Gasteiger partial charge in [-0.25, -0.2) is 4.98 Å². The zero-order valence-corrected chi connectivity index (χ0v) is 10.8. The van der Waals surface area contributed by atoms with Gasteiger partial charge >= 0.3 is 0 Å². The minimum Gasteiger partial charge on any atom is -0.356 e. The molecule has 0 saturated heterocycles. The Morgan fingerprint density at radius 1 is 1.53 bits per heavy atom. The topological polar surface area (TPSA) is 55.6 Å². The molecule has 3 rings (SSSR count). The smallest absolute Gasteiger partial charge is 0.202 e. The maximum Gasteiger partial charge on any atom is 0.202 e. The van der Waals surface area contributed by atoms with E-state index in [1.54, 1.807) is 0 Å². The fraction of sp³-hybridized carbons (Fsp3) is 0.545. The Morgan fingerprint density at radius 3 is 3.00 bits per heavy atom. The highest BCUT2D eigenvalue weighted by atomic mass is 32.1. The van der Waals surface area contributed by atoms with Crippen LogP contribution in [0.4, 0.5) is 5.13 Å². The molecular formula is C11H15N5S. The Morgan fingerprint density at radius 2 is 2.35 bits per heavy atom. The van der Waals surface area contributed by atoms with Crippen LogP contribution in [0.25, 0.3) is 0 Å². The Kier molecular flexibility index (Phi) is 2.58. The summed E-state index contributed by atoms with van der Waals surface area (Å²) in [6.07, 6.45) is 4.53. The van der Waals surface area contributed by atoms with Gasteiger partial charge < -0.3 is 5.32 Å². The zero-order chi connectivity index (χ0) is 11.8. The van der Waals surface area contributed by atoms with Crippen LogP contribution in [0.3, 0.4) is 0 Å². The number of aromatic nitrogens is 4. The maximum absolute atomic E-state index is 4.49. The Labute approximate surface area is 104 Å². The molecule has 1 fully saturated rings. The lowest BCUT2D eigenvalue weighted by atomic mass is 10.3. The molecule has 2 aromatic rings. The van der Waals surface area contributed by atoms with Gasteiger partial charge in [0.25, 0.3) is 0 Å². The van der Waals surface area contributed by atoms with Gasteiger partial charge in [-0.05, 0) is 19.8 Å². The van der Waals surface area contributed by atoms with E-state index in [1.807, 2.05) is 24.9 Å². The number of anilines is 1. The van der Waals surface area contributed by atoms with Crippen molar-refractivity contribution in [3.8, 4) is 0 Å². The van der Waals surface area contributed by atoms with Gasteiger partial charge in [-0.15, -0.1) is 0 Å². The van der Waals surface area contributed by atoms with Gasteiger partial charge in [-0.1, -0.05) is 0 Å². The molecule has 2 heterocycles. The lowest BCUT2D eigenvalue weighted by Gasteiger charge is -1.99. The third kappa shape index (κ3) is 2.31. The number of hydrogen-bond acceptors (Lipinski definition) is 5. The summed E-state index contributed by atoms with van der Waals surface area (Å²) in [6.45, 7) is 2.78. The standard InChI is InChI=1S/C11H15N5S/c1-7-9(6-16(2)14-7)5-12-11-13-10(15-17-11)8-3-4-8/h6,8H,3-5H2,1-2H3,(H,12,13,15). The Hall–Kier alpha value is -1.43. The molecule has 17 heavy (non-hydrogen) atoms. The molecule has 6 heteroatoms.